The number of barbiturate groups is 1. The number of hydrogen-bond donors (Lipinski definition) is 0. The van der Waals surface area contributed by atoms with Crippen molar-refractivity contribution < 1.29 is 23.9 Å². The van der Waals surface area contributed by atoms with Gasteiger partial charge in [-0.3, -0.25) is 9.59 Å². The van der Waals surface area contributed by atoms with E-state index >= 15 is 0 Å². The molecule has 5 aromatic carbocycles. The van der Waals surface area contributed by atoms with Gasteiger partial charge >= 0.3 is 6.03 Å². The summed E-state index contributed by atoms with van der Waals surface area (Å²) in [5, 5.41) is 1.56. The molecule has 6 rings (SSSR count). The highest BCUT2D eigenvalue weighted by Crippen LogP contribution is 2.39. The lowest BCUT2D eigenvalue weighted by atomic mass is 10.0. The number of amides is 4. The fourth-order valence-corrected chi connectivity index (χ4v) is 6.16. The lowest BCUT2D eigenvalue weighted by Crippen LogP contribution is -2.57. The molecule has 0 aromatic heterocycles. The number of aryl methyl sites for hydroxylation is 1. The van der Waals surface area contributed by atoms with Crippen LogP contribution in [0.25, 0.3) is 16.8 Å². The molecule has 0 unspecified atom stereocenters. The summed E-state index contributed by atoms with van der Waals surface area (Å²) in [7, 11) is 0. The Morgan fingerprint density at radius 3 is 2.24 bits per heavy atom. The highest BCUT2D eigenvalue weighted by Gasteiger charge is 2.44. The monoisotopic (exact) mass is 738 g/mol. The highest BCUT2D eigenvalue weighted by molar-refractivity contribution is 9.10. The molecule has 0 radical (unpaired) electrons. The lowest BCUT2D eigenvalue weighted by molar-refractivity contribution is -0.121. The molecular weight excluding hydrogens is 712 g/mol. The zero-order valence-electron chi connectivity index (χ0n) is 25.0. The summed E-state index contributed by atoms with van der Waals surface area (Å²) in [6, 6.07) is 30.5. The van der Waals surface area contributed by atoms with Gasteiger partial charge in [-0.05, 0) is 100 Å². The number of carbonyl (C=O) groups excluding carboxylic acids is 3. The first-order valence-corrected chi connectivity index (χ1v) is 16.2. The standard InChI is InChI=1S/C37H28Br2N2O5/c1-3-45-33-21-25(20-31(39)34(33)46-22-24-14-16-27(38)17-15-24)19-30-35(42)40(28-11-6-8-23(2)18-28)37(44)41(36(30)43)32-13-7-10-26-9-4-5-12-29(26)32/h4-21H,3,22H2,1-2H3/b30-19+. The summed E-state index contributed by atoms with van der Waals surface area (Å²) < 4.78 is 13.6. The minimum Gasteiger partial charge on any atom is -0.490 e. The SMILES string of the molecule is CCOc1cc(/C=C2\C(=O)N(c3cccc(C)c3)C(=O)N(c3cccc4ccccc34)C2=O)cc(Br)c1OCc1ccc(Br)cc1. The number of ether oxygens (including phenoxy) is 2. The van der Waals surface area contributed by atoms with Gasteiger partial charge < -0.3 is 9.47 Å². The molecule has 1 aliphatic heterocycles. The summed E-state index contributed by atoms with van der Waals surface area (Å²) in [5.74, 6) is -0.516. The smallest absolute Gasteiger partial charge is 0.343 e. The fraction of sp³-hybridized carbons (Fsp3) is 0.108. The van der Waals surface area contributed by atoms with Gasteiger partial charge in [-0.15, -0.1) is 0 Å². The third kappa shape index (κ3) is 6.21. The number of hydrogen-bond acceptors (Lipinski definition) is 5. The predicted molar refractivity (Wildman–Crippen MR) is 187 cm³/mol. The topological polar surface area (TPSA) is 76.2 Å². The van der Waals surface area contributed by atoms with Crippen LogP contribution in [0.4, 0.5) is 16.2 Å². The second-order valence-electron chi connectivity index (χ2n) is 10.6. The number of benzene rings is 5. The van der Waals surface area contributed by atoms with Gasteiger partial charge in [-0.1, -0.05) is 76.6 Å². The van der Waals surface area contributed by atoms with E-state index in [1.807, 2.05) is 74.5 Å². The van der Waals surface area contributed by atoms with Gasteiger partial charge in [0.15, 0.2) is 11.5 Å². The van der Waals surface area contributed by atoms with Crippen molar-refractivity contribution in [2.24, 2.45) is 0 Å². The van der Waals surface area contributed by atoms with Crippen LogP contribution in [0, 0.1) is 6.92 Å². The summed E-state index contributed by atoms with van der Waals surface area (Å²) in [5.41, 5.74) is 2.92. The van der Waals surface area contributed by atoms with Crippen molar-refractivity contribution in [2.45, 2.75) is 20.5 Å². The fourth-order valence-electron chi connectivity index (χ4n) is 5.32. The second kappa shape index (κ2) is 13.3. The molecule has 46 heavy (non-hydrogen) atoms. The molecule has 230 valence electrons. The van der Waals surface area contributed by atoms with Crippen LogP contribution in [0.1, 0.15) is 23.6 Å². The molecule has 1 fully saturated rings. The normalized spacial score (nSPS) is 14.3. The molecule has 0 spiro atoms. The van der Waals surface area contributed by atoms with Crippen LogP contribution in [0.5, 0.6) is 11.5 Å². The van der Waals surface area contributed by atoms with Crippen LogP contribution in [-0.2, 0) is 16.2 Å². The number of carbonyl (C=O) groups is 3. The van der Waals surface area contributed by atoms with Gasteiger partial charge in [0, 0.05) is 9.86 Å². The van der Waals surface area contributed by atoms with Gasteiger partial charge in [0.2, 0.25) is 0 Å². The van der Waals surface area contributed by atoms with E-state index in [2.05, 4.69) is 31.9 Å². The van der Waals surface area contributed by atoms with E-state index in [0.29, 0.717) is 51.5 Å². The molecule has 0 atom stereocenters. The number of rotatable bonds is 8. The van der Waals surface area contributed by atoms with E-state index in [4.69, 9.17) is 9.47 Å². The van der Waals surface area contributed by atoms with E-state index in [-0.39, 0.29) is 5.57 Å². The first-order chi connectivity index (χ1) is 22.2. The molecule has 4 amide bonds. The zero-order valence-corrected chi connectivity index (χ0v) is 28.2. The van der Waals surface area contributed by atoms with Crippen LogP contribution >= 0.6 is 31.9 Å². The van der Waals surface area contributed by atoms with E-state index < -0.39 is 17.8 Å². The number of fused-ring (bicyclic) bond motifs is 1. The van der Waals surface area contributed by atoms with Gasteiger partial charge in [-0.25, -0.2) is 14.6 Å². The van der Waals surface area contributed by atoms with Crippen molar-refractivity contribution >= 4 is 77.9 Å². The number of imide groups is 2. The Kier molecular flexibility index (Phi) is 9.05. The van der Waals surface area contributed by atoms with Crippen molar-refractivity contribution in [1.29, 1.82) is 0 Å². The Bertz CT molecular complexity index is 2020. The maximum absolute atomic E-state index is 14.2. The minimum atomic E-state index is -0.748. The molecule has 1 aliphatic rings. The summed E-state index contributed by atoms with van der Waals surface area (Å²) in [6.45, 7) is 4.40. The van der Waals surface area contributed by atoms with Gasteiger partial charge in [0.05, 0.1) is 22.5 Å². The highest BCUT2D eigenvalue weighted by atomic mass is 79.9. The van der Waals surface area contributed by atoms with Crippen molar-refractivity contribution in [3.05, 3.63) is 134 Å². The maximum atomic E-state index is 14.2. The van der Waals surface area contributed by atoms with Crippen molar-refractivity contribution in [1.82, 2.24) is 0 Å². The summed E-state index contributed by atoms with van der Waals surface area (Å²) in [4.78, 5) is 44.5. The molecule has 1 heterocycles. The Morgan fingerprint density at radius 1 is 0.761 bits per heavy atom. The Balaban J connectivity index is 1.45. The van der Waals surface area contributed by atoms with Crippen molar-refractivity contribution in [2.75, 3.05) is 16.4 Å². The Hall–Kier alpha value is -4.73. The van der Waals surface area contributed by atoms with Crippen LogP contribution in [0.15, 0.2) is 118 Å². The van der Waals surface area contributed by atoms with Gasteiger partial charge in [0.25, 0.3) is 11.8 Å². The number of halogens is 2. The van der Waals surface area contributed by atoms with Gasteiger partial charge in [0.1, 0.15) is 12.2 Å². The Labute approximate surface area is 283 Å². The summed E-state index contributed by atoms with van der Waals surface area (Å²) >= 11 is 7.05. The quantitative estimate of drug-likeness (QED) is 0.117. The van der Waals surface area contributed by atoms with E-state index in [9.17, 15) is 14.4 Å². The van der Waals surface area contributed by atoms with Crippen LogP contribution in [0.2, 0.25) is 0 Å². The molecule has 0 aliphatic carbocycles. The molecule has 9 heteroatoms. The molecule has 7 nitrogen and oxygen atoms in total. The third-order valence-corrected chi connectivity index (χ3v) is 8.57. The molecule has 0 bridgehead atoms. The molecular formula is C37H28Br2N2O5. The molecule has 0 N–H and O–H groups in total. The van der Waals surface area contributed by atoms with E-state index in [0.717, 1.165) is 30.8 Å². The van der Waals surface area contributed by atoms with Crippen molar-refractivity contribution in [3.63, 3.8) is 0 Å². The van der Waals surface area contributed by atoms with Gasteiger partial charge in [-0.2, -0.15) is 0 Å². The van der Waals surface area contributed by atoms with E-state index in [1.54, 1.807) is 42.5 Å². The Morgan fingerprint density at radius 2 is 1.48 bits per heavy atom. The zero-order chi connectivity index (χ0) is 32.4. The maximum Gasteiger partial charge on any atom is 0.343 e. The van der Waals surface area contributed by atoms with E-state index in [1.165, 1.54) is 6.08 Å². The largest absolute Gasteiger partial charge is 0.490 e. The number of nitrogens with zero attached hydrogens (tertiary/aromatic N) is 2. The second-order valence-corrected chi connectivity index (χ2v) is 12.4. The first-order valence-electron chi connectivity index (χ1n) is 14.6. The average molecular weight is 740 g/mol. The van der Waals surface area contributed by atoms with Crippen LogP contribution < -0.4 is 19.3 Å². The predicted octanol–water partition coefficient (Wildman–Crippen LogP) is 9.23. The van der Waals surface area contributed by atoms with Crippen LogP contribution in [0.3, 0.4) is 0 Å². The van der Waals surface area contributed by atoms with Crippen LogP contribution in [-0.4, -0.2) is 24.5 Å². The lowest BCUT2D eigenvalue weighted by Gasteiger charge is -2.34. The molecule has 1 saturated heterocycles. The first kappa shape index (κ1) is 31.3. The average Bonchev–Trinajstić information content (AvgIpc) is 3.04. The number of urea groups is 1. The van der Waals surface area contributed by atoms with Crippen molar-refractivity contribution in [3.8, 4) is 11.5 Å². The summed E-state index contributed by atoms with van der Waals surface area (Å²) in [6.07, 6.45) is 1.49. The third-order valence-electron chi connectivity index (χ3n) is 7.46. The molecule has 5 aromatic rings. The minimum absolute atomic E-state index is 0.174. The molecule has 0 saturated carbocycles. The number of anilines is 2.